The maximum absolute atomic E-state index is 13.1. The fourth-order valence-corrected chi connectivity index (χ4v) is 5.33. The van der Waals surface area contributed by atoms with E-state index in [1.54, 1.807) is 6.08 Å². The van der Waals surface area contributed by atoms with Crippen LogP contribution in [-0.2, 0) is 11.0 Å². The zero-order chi connectivity index (χ0) is 24.0. The highest BCUT2D eigenvalue weighted by molar-refractivity contribution is 6.35. The number of aryl methyl sites for hydroxylation is 1. The molecule has 2 aliphatic rings. The smallest absolute Gasteiger partial charge is 0.321 e. The minimum Gasteiger partial charge on any atom is -0.321 e. The molecule has 34 heavy (non-hydrogen) atoms. The van der Waals surface area contributed by atoms with Gasteiger partial charge in [-0.25, -0.2) is 0 Å². The molecule has 0 bridgehead atoms. The average molecular weight is 465 g/mol. The summed E-state index contributed by atoms with van der Waals surface area (Å²) in [6.07, 6.45) is 3.76. The van der Waals surface area contributed by atoms with E-state index >= 15 is 0 Å². The number of hydrogen-bond acceptors (Lipinski definition) is 1. The molecule has 0 radical (unpaired) electrons. The Balaban J connectivity index is 1.47. The Morgan fingerprint density at radius 2 is 1.68 bits per heavy atom. The van der Waals surface area contributed by atoms with Crippen LogP contribution in [0.4, 0.5) is 18.9 Å². The van der Waals surface area contributed by atoms with Gasteiger partial charge in [-0.2, -0.15) is 13.2 Å². The van der Waals surface area contributed by atoms with Gasteiger partial charge in [-0.15, -0.1) is 0 Å². The van der Waals surface area contributed by atoms with Gasteiger partial charge >= 0.3 is 6.18 Å². The van der Waals surface area contributed by atoms with Crippen molar-refractivity contribution in [1.29, 1.82) is 0 Å². The number of benzene rings is 2. The number of nitrogens with zero attached hydrogens (tertiary/aromatic N) is 1. The van der Waals surface area contributed by atoms with Crippen molar-refractivity contribution in [2.24, 2.45) is 0 Å². The monoisotopic (exact) mass is 464 g/mol. The number of carbonyl (C=O) groups is 1. The van der Waals surface area contributed by atoms with E-state index in [1.807, 2.05) is 19.9 Å². The molecule has 3 aromatic rings. The number of fused-ring (bicyclic) bond motifs is 1. The molecule has 1 saturated carbocycles. The summed E-state index contributed by atoms with van der Waals surface area (Å²) >= 11 is 0. The van der Waals surface area contributed by atoms with E-state index in [0.717, 1.165) is 34.8 Å². The van der Waals surface area contributed by atoms with Crippen LogP contribution in [0.3, 0.4) is 0 Å². The molecule has 1 aliphatic heterocycles. The van der Waals surface area contributed by atoms with Crippen LogP contribution in [0.1, 0.15) is 71.7 Å². The summed E-state index contributed by atoms with van der Waals surface area (Å²) in [5, 5.41) is 2.58. The molecular formula is C28H27F3N2O. The van der Waals surface area contributed by atoms with Gasteiger partial charge in [0, 0.05) is 33.9 Å². The first-order chi connectivity index (χ1) is 16.2. The van der Waals surface area contributed by atoms with Crippen molar-refractivity contribution in [3.63, 3.8) is 0 Å². The molecule has 2 heterocycles. The van der Waals surface area contributed by atoms with Crippen LogP contribution in [0.25, 0.3) is 17.3 Å². The average Bonchev–Trinajstić information content (AvgIpc) is 3.28. The third kappa shape index (κ3) is 4.06. The summed E-state index contributed by atoms with van der Waals surface area (Å²) in [4.78, 5) is 12.6. The van der Waals surface area contributed by atoms with Gasteiger partial charge < -0.3 is 9.88 Å². The van der Waals surface area contributed by atoms with E-state index in [9.17, 15) is 18.0 Å². The number of rotatable bonds is 3. The van der Waals surface area contributed by atoms with Crippen molar-refractivity contribution in [2.75, 3.05) is 5.32 Å². The molecule has 1 fully saturated rings. The second-order valence-corrected chi connectivity index (χ2v) is 9.36. The largest absolute Gasteiger partial charge is 0.416 e. The topological polar surface area (TPSA) is 34.0 Å². The van der Waals surface area contributed by atoms with E-state index in [2.05, 4.69) is 34.1 Å². The van der Waals surface area contributed by atoms with Crippen molar-refractivity contribution in [3.8, 4) is 5.69 Å². The molecule has 0 unspecified atom stereocenters. The molecule has 0 atom stereocenters. The van der Waals surface area contributed by atoms with Gasteiger partial charge in [-0.3, -0.25) is 4.79 Å². The van der Waals surface area contributed by atoms with E-state index < -0.39 is 17.6 Å². The first-order valence-corrected chi connectivity index (χ1v) is 11.8. The van der Waals surface area contributed by atoms with Gasteiger partial charge in [-0.05, 0) is 80.1 Å². The molecule has 6 heteroatoms. The van der Waals surface area contributed by atoms with Crippen LogP contribution >= 0.6 is 0 Å². The highest BCUT2D eigenvalue weighted by atomic mass is 19.4. The first kappa shape index (κ1) is 22.5. The van der Waals surface area contributed by atoms with Crippen LogP contribution in [-0.4, -0.2) is 10.5 Å². The minimum atomic E-state index is -4.45. The molecule has 1 amide bonds. The van der Waals surface area contributed by atoms with Gasteiger partial charge in [-0.1, -0.05) is 37.5 Å². The second-order valence-electron chi connectivity index (χ2n) is 9.36. The third-order valence-corrected chi connectivity index (χ3v) is 7.13. The molecule has 0 spiro atoms. The predicted octanol–water partition coefficient (Wildman–Crippen LogP) is 7.65. The summed E-state index contributed by atoms with van der Waals surface area (Å²) in [6, 6.07) is 14.1. The Bertz CT molecular complexity index is 1280. The molecule has 3 nitrogen and oxygen atoms in total. The fraction of sp³-hybridized carbons (Fsp3) is 0.321. The minimum absolute atomic E-state index is 0.193. The number of nitrogens with one attached hydrogen (secondary N) is 1. The van der Waals surface area contributed by atoms with E-state index in [4.69, 9.17) is 0 Å². The number of anilines is 1. The maximum atomic E-state index is 13.1. The number of halogens is 3. The second kappa shape index (κ2) is 8.49. The van der Waals surface area contributed by atoms with Gasteiger partial charge in [0.15, 0.2) is 0 Å². The summed E-state index contributed by atoms with van der Waals surface area (Å²) in [6.45, 7) is 4.01. The molecule has 1 N–H and O–H groups in total. The van der Waals surface area contributed by atoms with Crippen LogP contribution in [0.15, 0.2) is 48.5 Å². The molecule has 1 aliphatic carbocycles. The standard InChI is InChI=1S/C28H27F3N2O/c1-17-14-21(15-25-24-13-10-22(28(29,30)31)16-26(24)32-27(25)34)18(2)33(17)23-11-8-20(9-12-23)19-6-4-3-5-7-19/h8-16,19H,3-7H2,1-2H3,(H,32,34)/b25-15+. The lowest BCUT2D eigenvalue weighted by Gasteiger charge is -2.22. The summed E-state index contributed by atoms with van der Waals surface area (Å²) < 4.78 is 41.3. The van der Waals surface area contributed by atoms with E-state index in [0.29, 0.717) is 17.1 Å². The van der Waals surface area contributed by atoms with Gasteiger partial charge in [0.25, 0.3) is 5.91 Å². The highest BCUT2D eigenvalue weighted by Gasteiger charge is 2.33. The van der Waals surface area contributed by atoms with Crippen molar-refractivity contribution in [1.82, 2.24) is 4.57 Å². The zero-order valence-electron chi connectivity index (χ0n) is 19.3. The van der Waals surface area contributed by atoms with Crippen molar-refractivity contribution < 1.29 is 18.0 Å². The van der Waals surface area contributed by atoms with E-state index in [-0.39, 0.29) is 5.69 Å². The maximum Gasteiger partial charge on any atom is 0.416 e. The van der Waals surface area contributed by atoms with Crippen molar-refractivity contribution >= 4 is 23.2 Å². The summed E-state index contributed by atoms with van der Waals surface area (Å²) in [7, 11) is 0. The van der Waals surface area contributed by atoms with Crippen molar-refractivity contribution in [3.05, 3.63) is 82.2 Å². The van der Waals surface area contributed by atoms with E-state index in [1.165, 1.54) is 43.7 Å². The lowest BCUT2D eigenvalue weighted by atomic mass is 9.84. The first-order valence-electron chi connectivity index (χ1n) is 11.8. The quantitative estimate of drug-likeness (QED) is 0.397. The Morgan fingerprint density at radius 3 is 2.35 bits per heavy atom. The SMILES string of the molecule is Cc1cc(/C=C2/C(=O)Nc3cc(C(F)(F)F)ccc32)c(C)n1-c1ccc(C2CCCCC2)cc1. The lowest BCUT2D eigenvalue weighted by Crippen LogP contribution is -2.06. The zero-order valence-corrected chi connectivity index (χ0v) is 19.3. The fourth-order valence-electron chi connectivity index (χ4n) is 5.33. The van der Waals surface area contributed by atoms with Gasteiger partial charge in [0.05, 0.1) is 5.56 Å². The normalized spacial score (nSPS) is 17.8. The van der Waals surface area contributed by atoms with Crippen LogP contribution in [0.2, 0.25) is 0 Å². The Labute approximate surface area is 197 Å². The van der Waals surface area contributed by atoms with Crippen LogP contribution in [0.5, 0.6) is 0 Å². The summed E-state index contributed by atoms with van der Waals surface area (Å²) in [5.74, 6) is 0.254. The van der Waals surface area contributed by atoms with Gasteiger partial charge in [0.2, 0.25) is 0 Å². The van der Waals surface area contributed by atoms with Crippen LogP contribution < -0.4 is 5.32 Å². The Morgan fingerprint density at radius 1 is 0.971 bits per heavy atom. The van der Waals surface area contributed by atoms with Crippen molar-refractivity contribution in [2.45, 2.75) is 58.0 Å². The molecule has 2 aromatic carbocycles. The number of aromatic nitrogens is 1. The lowest BCUT2D eigenvalue weighted by molar-refractivity contribution is -0.137. The Hall–Kier alpha value is -3.28. The molecule has 5 rings (SSSR count). The third-order valence-electron chi connectivity index (χ3n) is 7.13. The predicted molar refractivity (Wildman–Crippen MR) is 129 cm³/mol. The van der Waals surface area contributed by atoms with Gasteiger partial charge in [0.1, 0.15) is 0 Å². The number of alkyl halides is 3. The molecule has 0 saturated heterocycles. The Kier molecular flexibility index (Phi) is 5.62. The number of carbonyl (C=O) groups excluding carboxylic acids is 1. The number of amides is 1. The van der Waals surface area contributed by atoms with Crippen LogP contribution in [0, 0.1) is 13.8 Å². The molecular weight excluding hydrogens is 437 g/mol. The summed E-state index contributed by atoms with van der Waals surface area (Å²) in [5.41, 5.74) is 5.60. The highest BCUT2D eigenvalue weighted by Crippen LogP contribution is 2.39. The molecule has 1 aromatic heterocycles. The number of hydrogen-bond donors (Lipinski definition) is 1. The molecule has 176 valence electrons.